The Hall–Kier alpha value is -1.71. The molecule has 0 saturated carbocycles. The molecule has 0 atom stereocenters. The quantitative estimate of drug-likeness (QED) is 0.678. The summed E-state index contributed by atoms with van der Waals surface area (Å²) in [5.41, 5.74) is 10.1. The summed E-state index contributed by atoms with van der Waals surface area (Å²) < 4.78 is 0. The number of guanidine groups is 1. The van der Waals surface area contributed by atoms with Crippen LogP contribution in [0.15, 0.2) is 23.2 Å². The van der Waals surface area contributed by atoms with Gasteiger partial charge in [0.05, 0.1) is 0 Å². The number of hydrogen-bond acceptors (Lipinski definition) is 2. The van der Waals surface area contributed by atoms with Crippen molar-refractivity contribution >= 4 is 11.6 Å². The number of aliphatic imine (C=N–C) groups is 1. The zero-order valence-electron chi connectivity index (χ0n) is 12.9. The van der Waals surface area contributed by atoms with Gasteiger partial charge in [-0.1, -0.05) is 19.1 Å². The lowest BCUT2D eigenvalue weighted by atomic mass is 10.1. The predicted octanol–water partition coefficient (Wildman–Crippen LogP) is 2.15. The standard InChI is InChI=1S/C16H26N4/c1-4-8-18-16(17)20-11-9-19(10-12-20)15-7-5-6-13(2)14(15)3/h5-7H,4,8-12H2,1-3H3,(H2,17,18). The van der Waals surface area contributed by atoms with Crippen molar-refractivity contribution in [2.75, 3.05) is 37.6 Å². The van der Waals surface area contributed by atoms with Crippen LogP contribution in [0.4, 0.5) is 5.69 Å². The zero-order chi connectivity index (χ0) is 14.5. The third kappa shape index (κ3) is 3.24. The van der Waals surface area contributed by atoms with Crippen LogP contribution in [0.3, 0.4) is 0 Å². The topological polar surface area (TPSA) is 44.9 Å². The summed E-state index contributed by atoms with van der Waals surface area (Å²) in [6, 6.07) is 6.53. The number of hydrogen-bond donors (Lipinski definition) is 1. The number of aryl methyl sites for hydroxylation is 1. The molecule has 0 aromatic heterocycles. The maximum Gasteiger partial charge on any atom is 0.191 e. The Balaban J connectivity index is 1.99. The average Bonchev–Trinajstić information content (AvgIpc) is 2.48. The van der Waals surface area contributed by atoms with E-state index in [4.69, 9.17) is 5.73 Å². The van der Waals surface area contributed by atoms with E-state index in [0.717, 1.165) is 39.1 Å². The monoisotopic (exact) mass is 274 g/mol. The van der Waals surface area contributed by atoms with Gasteiger partial charge in [0.1, 0.15) is 0 Å². The van der Waals surface area contributed by atoms with Crippen molar-refractivity contribution in [3.8, 4) is 0 Å². The Bertz CT molecular complexity index is 473. The van der Waals surface area contributed by atoms with Crippen LogP contribution < -0.4 is 10.6 Å². The van der Waals surface area contributed by atoms with Crippen LogP contribution in [0.1, 0.15) is 24.5 Å². The molecule has 2 N–H and O–H groups in total. The molecule has 0 aliphatic carbocycles. The molecule has 1 aromatic carbocycles. The number of nitrogens with two attached hydrogens (primary N) is 1. The highest BCUT2D eigenvalue weighted by Crippen LogP contribution is 2.23. The Morgan fingerprint density at radius 3 is 2.55 bits per heavy atom. The highest BCUT2D eigenvalue weighted by molar-refractivity contribution is 5.78. The van der Waals surface area contributed by atoms with Crippen LogP contribution >= 0.6 is 0 Å². The second-order valence-corrected chi connectivity index (χ2v) is 5.43. The Kier molecular flexibility index (Phi) is 4.88. The van der Waals surface area contributed by atoms with E-state index in [1.54, 1.807) is 0 Å². The Morgan fingerprint density at radius 1 is 1.20 bits per heavy atom. The lowest BCUT2D eigenvalue weighted by molar-refractivity contribution is 0.380. The maximum atomic E-state index is 6.03. The summed E-state index contributed by atoms with van der Waals surface area (Å²) in [4.78, 5) is 9.04. The van der Waals surface area contributed by atoms with Gasteiger partial charge in [0, 0.05) is 38.4 Å². The lowest BCUT2D eigenvalue weighted by Gasteiger charge is -2.37. The smallest absolute Gasteiger partial charge is 0.191 e. The molecule has 1 aromatic rings. The number of anilines is 1. The molecule has 20 heavy (non-hydrogen) atoms. The SMILES string of the molecule is CCCN=C(N)N1CCN(c2cccc(C)c2C)CC1. The predicted molar refractivity (Wildman–Crippen MR) is 86.5 cm³/mol. The minimum Gasteiger partial charge on any atom is -0.370 e. The first kappa shape index (κ1) is 14.7. The maximum absolute atomic E-state index is 6.03. The van der Waals surface area contributed by atoms with E-state index in [1.165, 1.54) is 16.8 Å². The van der Waals surface area contributed by atoms with Crippen LogP contribution in [-0.4, -0.2) is 43.6 Å². The molecule has 4 heteroatoms. The summed E-state index contributed by atoms with van der Waals surface area (Å²) in [5, 5.41) is 0. The number of benzene rings is 1. The minimum atomic E-state index is 0.701. The normalized spacial score (nSPS) is 16.6. The Labute approximate surface area is 122 Å². The van der Waals surface area contributed by atoms with Crippen molar-refractivity contribution in [3.63, 3.8) is 0 Å². The van der Waals surface area contributed by atoms with Crippen molar-refractivity contribution in [1.29, 1.82) is 0 Å². The van der Waals surface area contributed by atoms with Gasteiger partial charge in [-0.3, -0.25) is 4.99 Å². The molecule has 1 fully saturated rings. The van der Waals surface area contributed by atoms with E-state index in [-0.39, 0.29) is 0 Å². The lowest BCUT2D eigenvalue weighted by Crippen LogP contribution is -2.51. The van der Waals surface area contributed by atoms with Crippen LogP contribution in [0, 0.1) is 13.8 Å². The molecule has 0 spiro atoms. The molecule has 0 amide bonds. The van der Waals surface area contributed by atoms with E-state index in [0.29, 0.717) is 5.96 Å². The molecule has 2 rings (SSSR count). The first-order valence-corrected chi connectivity index (χ1v) is 7.49. The summed E-state index contributed by atoms with van der Waals surface area (Å²) >= 11 is 0. The molecule has 0 bridgehead atoms. The molecule has 0 unspecified atom stereocenters. The van der Waals surface area contributed by atoms with Gasteiger partial charge in [0.25, 0.3) is 0 Å². The second kappa shape index (κ2) is 6.64. The molecule has 1 saturated heterocycles. The van der Waals surface area contributed by atoms with Crippen molar-refractivity contribution < 1.29 is 0 Å². The fourth-order valence-corrected chi connectivity index (χ4v) is 2.58. The number of nitrogens with zero attached hydrogens (tertiary/aromatic N) is 3. The molecular weight excluding hydrogens is 248 g/mol. The number of rotatable bonds is 3. The third-order valence-corrected chi connectivity index (χ3v) is 4.02. The summed E-state index contributed by atoms with van der Waals surface area (Å²) in [6.45, 7) is 11.2. The molecule has 110 valence electrons. The van der Waals surface area contributed by atoms with Gasteiger partial charge >= 0.3 is 0 Å². The first-order valence-electron chi connectivity index (χ1n) is 7.49. The summed E-state index contributed by atoms with van der Waals surface area (Å²) in [5.74, 6) is 0.701. The van der Waals surface area contributed by atoms with Crippen LogP contribution in [-0.2, 0) is 0 Å². The van der Waals surface area contributed by atoms with Crippen molar-refractivity contribution in [2.45, 2.75) is 27.2 Å². The van der Waals surface area contributed by atoms with Crippen LogP contribution in [0.5, 0.6) is 0 Å². The van der Waals surface area contributed by atoms with Gasteiger partial charge < -0.3 is 15.5 Å². The Morgan fingerprint density at radius 2 is 1.90 bits per heavy atom. The highest BCUT2D eigenvalue weighted by Gasteiger charge is 2.19. The fourth-order valence-electron chi connectivity index (χ4n) is 2.58. The van der Waals surface area contributed by atoms with Crippen LogP contribution in [0.25, 0.3) is 0 Å². The van der Waals surface area contributed by atoms with Crippen LogP contribution in [0.2, 0.25) is 0 Å². The summed E-state index contributed by atoms with van der Waals surface area (Å²) in [6.07, 6.45) is 1.04. The van der Waals surface area contributed by atoms with Gasteiger partial charge in [0.15, 0.2) is 5.96 Å². The van der Waals surface area contributed by atoms with Gasteiger partial charge in [-0.15, -0.1) is 0 Å². The zero-order valence-corrected chi connectivity index (χ0v) is 12.9. The number of piperazine rings is 1. The van der Waals surface area contributed by atoms with Gasteiger partial charge in [-0.25, -0.2) is 0 Å². The molecule has 0 radical (unpaired) electrons. The van der Waals surface area contributed by atoms with Crippen molar-refractivity contribution in [2.24, 2.45) is 10.7 Å². The van der Waals surface area contributed by atoms with Crippen molar-refractivity contribution in [3.05, 3.63) is 29.3 Å². The van der Waals surface area contributed by atoms with E-state index >= 15 is 0 Å². The highest BCUT2D eigenvalue weighted by atomic mass is 15.3. The molecule has 1 heterocycles. The van der Waals surface area contributed by atoms with Gasteiger partial charge in [-0.05, 0) is 37.5 Å². The average molecular weight is 274 g/mol. The second-order valence-electron chi connectivity index (χ2n) is 5.43. The molecule has 4 nitrogen and oxygen atoms in total. The molecule has 1 aliphatic rings. The first-order chi connectivity index (χ1) is 9.63. The molecular formula is C16H26N4. The summed E-state index contributed by atoms with van der Waals surface area (Å²) in [7, 11) is 0. The van der Waals surface area contributed by atoms with E-state index in [1.807, 2.05) is 0 Å². The van der Waals surface area contributed by atoms with Crippen molar-refractivity contribution in [1.82, 2.24) is 4.90 Å². The third-order valence-electron chi connectivity index (χ3n) is 4.02. The molecule has 1 aliphatic heterocycles. The van der Waals surface area contributed by atoms with E-state index in [2.05, 4.69) is 53.8 Å². The van der Waals surface area contributed by atoms with Gasteiger partial charge in [-0.2, -0.15) is 0 Å². The minimum absolute atomic E-state index is 0.701. The van der Waals surface area contributed by atoms with Gasteiger partial charge in [0.2, 0.25) is 0 Å². The van der Waals surface area contributed by atoms with E-state index < -0.39 is 0 Å². The fraction of sp³-hybridized carbons (Fsp3) is 0.562. The van der Waals surface area contributed by atoms with E-state index in [9.17, 15) is 0 Å². The largest absolute Gasteiger partial charge is 0.370 e.